The van der Waals surface area contributed by atoms with Crippen molar-refractivity contribution in [1.29, 1.82) is 0 Å². The largest absolute Gasteiger partial charge is 0.480 e. The highest BCUT2D eigenvalue weighted by molar-refractivity contribution is 5.89. The molecule has 1 aromatic rings. The van der Waals surface area contributed by atoms with Gasteiger partial charge >= 0.3 is 5.97 Å². The van der Waals surface area contributed by atoms with E-state index in [-0.39, 0.29) is 12.5 Å². The topological polar surface area (TPSA) is 57.6 Å². The van der Waals surface area contributed by atoms with Gasteiger partial charge in [0.25, 0.3) is 0 Å². The molecule has 0 unspecified atom stereocenters. The van der Waals surface area contributed by atoms with E-state index in [0.29, 0.717) is 18.5 Å². The number of hydrogen-bond acceptors (Lipinski definition) is 2. The molecule has 1 amide bonds. The van der Waals surface area contributed by atoms with E-state index < -0.39 is 17.2 Å². The Labute approximate surface area is 118 Å². The summed E-state index contributed by atoms with van der Waals surface area (Å²) in [5, 5.41) is 8.89. The van der Waals surface area contributed by atoms with E-state index in [0.717, 1.165) is 0 Å². The van der Waals surface area contributed by atoms with E-state index in [1.165, 1.54) is 17.0 Å². The summed E-state index contributed by atoms with van der Waals surface area (Å²) in [6.07, 6.45) is 0.665. The molecule has 0 saturated heterocycles. The van der Waals surface area contributed by atoms with Gasteiger partial charge in [0.1, 0.15) is 12.4 Å². The Hall–Kier alpha value is -1.91. The van der Waals surface area contributed by atoms with Gasteiger partial charge in [-0.25, -0.2) is 4.39 Å². The minimum Gasteiger partial charge on any atom is -0.480 e. The maximum Gasteiger partial charge on any atom is 0.323 e. The zero-order valence-electron chi connectivity index (χ0n) is 12.0. The average Bonchev–Trinajstić information content (AvgIpc) is 2.36. The van der Waals surface area contributed by atoms with Crippen molar-refractivity contribution in [3.8, 4) is 0 Å². The number of nitrogens with zero attached hydrogens (tertiary/aromatic N) is 1. The monoisotopic (exact) mass is 281 g/mol. The fourth-order valence-electron chi connectivity index (χ4n) is 2.08. The van der Waals surface area contributed by atoms with Gasteiger partial charge in [0.05, 0.1) is 5.41 Å². The molecule has 1 rings (SSSR count). The van der Waals surface area contributed by atoms with Crippen molar-refractivity contribution < 1.29 is 19.1 Å². The highest BCUT2D eigenvalue weighted by atomic mass is 19.1. The van der Waals surface area contributed by atoms with Crippen molar-refractivity contribution in [2.75, 3.05) is 13.1 Å². The summed E-state index contributed by atoms with van der Waals surface area (Å²) in [4.78, 5) is 24.7. The van der Waals surface area contributed by atoms with E-state index in [9.17, 15) is 14.0 Å². The lowest BCUT2D eigenvalue weighted by molar-refractivity contribution is -0.146. The first kappa shape index (κ1) is 16.1. The maximum absolute atomic E-state index is 13.3. The molecule has 0 fully saturated rings. The Morgan fingerprint density at radius 1 is 1.35 bits per heavy atom. The normalized spacial score (nSPS) is 11.2. The van der Waals surface area contributed by atoms with Crippen molar-refractivity contribution in [3.05, 3.63) is 35.6 Å². The van der Waals surface area contributed by atoms with Crippen LogP contribution in [0.3, 0.4) is 0 Å². The van der Waals surface area contributed by atoms with Crippen LogP contribution in [0, 0.1) is 5.82 Å². The second-order valence-corrected chi connectivity index (χ2v) is 5.26. The predicted molar refractivity (Wildman–Crippen MR) is 73.9 cm³/mol. The minimum absolute atomic E-state index is 0.313. The summed E-state index contributed by atoms with van der Waals surface area (Å²) < 4.78 is 13.3. The van der Waals surface area contributed by atoms with Gasteiger partial charge in [-0.1, -0.05) is 19.1 Å². The molecule has 0 atom stereocenters. The summed E-state index contributed by atoms with van der Waals surface area (Å²) in [6.45, 7) is 5.25. The number of halogens is 1. The number of hydrogen-bond donors (Lipinski definition) is 1. The molecule has 0 aliphatic heterocycles. The van der Waals surface area contributed by atoms with Crippen molar-refractivity contribution in [1.82, 2.24) is 4.90 Å². The number of amides is 1. The molecule has 4 nitrogen and oxygen atoms in total. The third-order valence-electron chi connectivity index (χ3n) is 3.19. The van der Waals surface area contributed by atoms with Crippen molar-refractivity contribution in [3.63, 3.8) is 0 Å². The van der Waals surface area contributed by atoms with Crippen LogP contribution in [0.2, 0.25) is 0 Å². The van der Waals surface area contributed by atoms with E-state index in [1.807, 2.05) is 6.92 Å². The molecule has 0 saturated carbocycles. The Morgan fingerprint density at radius 2 is 2.00 bits per heavy atom. The van der Waals surface area contributed by atoms with Gasteiger partial charge < -0.3 is 10.0 Å². The van der Waals surface area contributed by atoms with Gasteiger partial charge in [-0.15, -0.1) is 0 Å². The number of carbonyl (C=O) groups excluding carboxylic acids is 1. The molecular formula is C15H20FNO3. The van der Waals surface area contributed by atoms with Gasteiger partial charge in [-0.2, -0.15) is 0 Å². The van der Waals surface area contributed by atoms with Crippen LogP contribution in [-0.2, 0) is 15.0 Å². The molecule has 20 heavy (non-hydrogen) atoms. The van der Waals surface area contributed by atoms with Gasteiger partial charge in [0, 0.05) is 6.54 Å². The van der Waals surface area contributed by atoms with Crippen molar-refractivity contribution >= 4 is 11.9 Å². The van der Waals surface area contributed by atoms with Crippen LogP contribution in [0.1, 0.15) is 32.8 Å². The molecule has 0 radical (unpaired) electrons. The predicted octanol–water partition coefficient (Wildman–Crippen LogP) is 2.43. The molecule has 0 aromatic heterocycles. The summed E-state index contributed by atoms with van der Waals surface area (Å²) in [5.41, 5.74) is -0.429. The summed E-state index contributed by atoms with van der Waals surface area (Å²) >= 11 is 0. The van der Waals surface area contributed by atoms with Crippen LogP contribution in [0.5, 0.6) is 0 Å². The third kappa shape index (κ3) is 3.79. The quantitative estimate of drug-likeness (QED) is 0.871. The molecule has 1 aromatic carbocycles. The molecule has 0 bridgehead atoms. The fraction of sp³-hybridized carbons (Fsp3) is 0.467. The van der Waals surface area contributed by atoms with Crippen LogP contribution in [-0.4, -0.2) is 35.0 Å². The average molecular weight is 281 g/mol. The van der Waals surface area contributed by atoms with Crippen molar-refractivity contribution in [2.45, 2.75) is 32.6 Å². The van der Waals surface area contributed by atoms with Crippen molar-refractivity contribution in [2.24, 2.45) is 0 Å². The molecule has 0 spiro atoms. The number of aliphatic carboxylic acids is 1. The molecule has 1 N–H and O–H groups in total. The van der Waals surface area contributed by atoms with E-state index in [1.54, 1.807) is 26.0 Å². The van der Waals surface area contributed by atoms with E-state index >= 15 is 0 Å². The highest BCUT2D eigenvalue weighted by Crippen LogP contribution is 2.26. The van der Waals surface area contributed by atoms with E-state index in [2.05, 4.69) is 0 Å². The Morgan fingerprint density at radius 3 is 2.50 bits per heavy atom. The summed E-state index contributed by atoms with van der Waals surface area (Å²) in [5.74, 6) is -1.78. The SMILES string of the molecule is CCCN(CC(=O)O)C(=O)C(C)(C)c1cccc(F)c1. The molecule has 5 heteroatoms. The number of carboxylic acids is 1. The lowest BCUT2D eigenvalue weighted by Gasteiger charge is -2.31. The van der Waals surface area contributed by atoms with Gasteiger partial charge in [0.2, 0.25) is 5.91 Å². The van der Waals surface area contributed by atoms with Gasteiger partial charge in [-0.05, 0) is 38.0 Å². The fourth-order valence-corrected chi connectivity index (χ4v) is 2.08. The van der Waals surface area contributed by atoms with Crippen LogP contribution in [0.15, 0.2) is 24.3 Å². The molecule has 110 valence electrons. The van der Waals surface area contributed by atoms with Crippen LogP contribution in [0.25, 0.3) is 0 Å². The van der Waals surface area contributed by atoms with E-state index in [4.69, 9.17) is 5.11 Å². The molecular weight excluding hydrogens is 261 g/mol. The van der Waals surface area contributed by atoms with Crippen LogP contribution < -0.4 is 0 Å². The first-order valence-corrected chi connectivity index (χ1v) is 6.56. The van der Waals surface area contributed by atoms with Crippen LogP contribution >= 0.6 is 0 Å². The van der Waals surface area contributed by atoms with Gasteiger partial charge in [-0.3, -0.25) is 9.59 Å². The standard InChI is InChI=1S/C15H20FNO3/c1-4-8-17(10-13(18)19)14(20)15(2,3)11-6-5-7-12(16)9-11/h5-7,9H,4,8,10H2,1-3H3,(H,18,19). The summed E-state index contributed by atoms with van der Waals surface area (Å²) in [6, 6.07) is 5.83. The molecule has 0 aliphatic rings. The first-order valence-electron chi connectivity index (χ1n) is 6.56. The smallest absolute Gasteiger partial charge is 0.323 e. The lowest BCUT2D eigenvalue weighted by atomic mass is 9.83. The molecule has 0 aliphatic carbocycles. The number of carboxylic acid groups (broad SMARTS) is 1. The number of carbonyl (C=O) groups is 2. The highest BCUT2D eigenvalue weighted by Gasteiger charge is 2.34. The minimum atomic E-state index is -1.05. The van der Waals surface area contributed by atoms with Crippen LogP contribution in [0.4, 0.5) is 4.39 Å². The first-order chi connectivity index (χ1) is 9.28. The Bertz CT molecular complexity index is 500. The zero-order chi connectivity index (χ0) is 15.3. The van der Waals surface area contributed by atoms with Gasteiger partial charge in [0.15, 0.2) is 0 Å². The zero-order valence-corrected chi connectivity index (χ0v) is 12.0. The number of benzene rings is 1. The second kappa shape index (κ2) is 6.50. The Balaban J connectivity index is 3.04. The molecule has 0 heterocycles. The third-order valence-corrected chi connectivity index (χ3v) is 3.19. The Kier molecular flexibility index (Phi) is 5.25. The lowest BCUT2D eigenvalue weighted by Crippen LogP contribution is -2.46. The maximum atomic E-state index is 13.3. The second-order valence-electron chi connectivity index (χ2n) is 5.26. The number of rotatable bonds is 6. The summed E-state index contributed by atoms with van der Waals surface area (Å²) in [7, 11) is 0.